The van der Waals surface area contributed by atoms with Gasteiger partial charge in [0.1, 0.15) is 0 Å². The summed E-state index contributed by atoms with van der Waals surface area (Å²) >= 11 is 0. The summed E-state index contributed by atoms with van der Waals surface area (Å²) in [6, 6.07) is 1.53. The van der Waals surface area contributed by atoms with Crippen LogP contribution in [0, 0.1) is 0 Å². The van der Waals surface area contributed by atoms with Crippen molar-refractivity contribution in [1.82, 2.24) is 0 Å². The molecular formula is C21H45NOSi. The van der Waals surface area contributed by atoms with E-state index in [9.17, 15) is 0 Å². The van der Waals surface area contributed by atoms with E-state index in [2.05, 4.69) is 26.9 Å². The highest BCUT2D eigenvalue weighted by atomic mass is 28.4. The Morgan fingerprint density at radius 1 is 0.917 bits per heavy atom. The van der Waals surface area contributed by atoms with Crippen LogP contribution in [0.2, 0.25) is 19.1 Å². The monoisotopic (exact) mass is 355 g/mol. The van der Waals surface area contributed by atoms with Gasteiger partial charge >= 0.3 is 0 Å². The summed E-state index contributed by atoms with van der Waals surface area (Å²) in [4.78, 5) is 0. The Morgan fingerprint density at radius 2 is 1.46 bits per heavy atom. The Hall–Kier alpha value is 0.137. The highest BCUT2D eigenvalue weighted by Gasteiger charge is 2.44. The second kappa shape index (κ2) is 11.7. The molecule has 2 unspecified atom stereocenters. The molecule has 2 N–H and O–H groups in total. The summed E-state index contributed by atoms with van der Waals surface area (Å²) < 4.78 is 6.71. The summed E-state index contributed by atoms with van der Waals surface area (Å²) in [6.45, 7) is 9.26. The maximum absolute atomic E-state index is 6.71. The number of hydrogen-bond acceptors (Lipinski definition) is 2. The Labute approximate surface area is 153 Å². The van der Waals surface area contributed by atoms with E-state index in [0.717, 1.165) is 6.42 Å². The highest BCUT2D eigenvalue weighted by molar-refractivity contribution is 6.71. The molecule has 24 heavy (non-hydrogen) atoms. The normalized spacial score (nSPS) is 24.9. The summed E-state index contributed by atoms with van der Waals surface area (Å²) in [7, 11) is -1.48. The molecule has 2 nitrogen and oxygen atoms in total. The largest absolute Gasteiger partial charge is 0.410 e. The first-order valence-electron chi connectivity index (χ1n) is 10.9. The molecule has 1 fully saturated rings. The first kappa shape index (κ1) is 22.2. The zero-order valence-corrected chi connectivity index (χ0v) is 18.2. The van der Waals surface area contributed by atoms with Crippen molar-refractivity contribution < 1.29 is 4.43 Å². The number of hydrogen-bond donors (Lipinski definition) is 1. The van der Waals surface area contributed by atoms with E-state index in [1.165, 1.54) is 89.5 Å². The van der Waals surface area contributed by atoms with E-state index in [-0.39, 0.29) is 11.6 Å². The molecule has 0 aromatic carbocycles. The first-order chi connectivity index (χ1) is 11.5. The quantitative estimate of drug-likeness (QED) is 0.291. The second-order valence-corrected chi connectivity index (χ2v) is 13.0. The van der Waals surface area contributed by atoms with E-state index in [1.54, 1.807) is 0 Å². The molecule has 3 heteroatoms. The van der Waals surface area contributed by atoms with Crippen LogP contribution in [0.1, 0.15) is 104 Å². The van der Waals surface area contributed by atoms with Crippen molar-refractivity contribution in [2.75, 3.05) is 0 Å². The predicted octanol–water partition coefficient (Wildman–Crippen LogP) is 6.79. The lowest BCUT2D eigenvalue weighted by atomic mass is 9.83. The average Bonchev–Trinajstić information content (AvgIpc) is 2.55. The minimum atomic E-state index is -1.48. The molecule has 1 heterocycles. The summed E-state index contributed by atoms with van der Waals surface area (Å²) in [5.41, 5.74) is 6.52. The van der Waals surface area contributed by atoms with Crippen LogP contribution in [0.3, 0.4) is 0 Å². The van der Waals surface area contributed by atoms with Crippen molar-refractivity contribution >= 4 is 8.32 Å². The number of rotatable bonds is 13. The minimum Gasteiger partial charge on any atom is -0.410 e. The lowest BCUT2D eigenvalue weighted by Crippen LogP contribution is -2.57. The van der Waals surface area contributed by atoms with Crippen molar-refractivity contribution in [2.24, 2.45) is 5.73 Å². The molecule has 1 rings (SSSR count). The molecule has 0 aromatic heterocycles. The van der Waals surface area contributed by atoms with Gasteiger partial charge in [-0.25, -0.2) is 0 Å². The van der Waals surface area contributed by atoms with Crippen LogP contribution in [-0.2, 0) is 4.43 Å². The van der Waals surface area contributed by atoms with E-state index in [1.807, 2.05) is 0 Å². The van der Waals surface area contributed by atoms with Gasteiger partial charge in [-0.2, -0.15) is 0 Å². The highest BCUT2D eigenvalue weighted by Crippen LogP contribution is 2.39. The molecule has 0 radical (unpaired) electrons. The Balaban J connectivity index is 2.22. The fourth-order valence-electron chi connectivity index (χ4n) is 4.37. The standard InChI is InChI=1S/C21H45NOSi/c1-5-7-8-9-10-11-12-13-14-15-17-21(20(22)6-2)18-16-19-24(3,4)23-21/h20H,5-19,22H2,1-4H3. The molecule has 2 atom stereocenters. The van der Waals surface area contributed by atoms with Crippen LogP contribution in [0.5, 0.6) is 0 Å². The van der Waals surface area contributed by atoms with Crippen molar-refractivity contribution in [1.29, 1.82) is 0 Å². The average molecular weight is 356 g/mol. The minimum absolute atomic E-state index is 0.00285. The second-order valence-electron chi connectivity index (χ2n) is 8.73. The van der Waals surface area contributed by atoms with Gasteiger partial charge in [-0.1, -0.05) is 84.5 Å². The fraction of sp³-hybridized carbons (Fsp3) is 1.00. The lowest BCUT2D eigenvalue weighted by Gasteiger charge is -2.48. The molecule has 144 valence electrons. The van der Waals surface area contributed by atoms with Crippen molar-refractivity contribution in [3.8, 4) is 0 Å². The predicted molar refractivity (Wildman–Crippen MR) is 110 cm³/mol. The maximum atomic E-state index is 6.71. The van der Waals surface area contributed by atoms with Gasteiger partial charge in [0.2, 0.25) is 0 Å². The Kier molecular flexibility index (Phi) is 10.8. The van der Waals surface area contributed by atoms with Crippen LogP contribution in [0.4, 0.5) is 0 Å². The van der Waals surface area contributed by atoms with E-state index in [0.29, 0.717) is 0 Å². The Morgan fingerprint density at radius 3 is 1.96 bits per heavy atom. The molecular weight excluding hydrogens is 310 g/mol. The SMILES string of the molecule is CCCCCCCCCCCCC1(C(N)CC)CCC[Si](C)(C)O1. The number of unbranched alkanes of at least 4 members (excludes halogenated alkanes) is 9. The molecule has 0 saturated carbocycles. The van der Waals surface area contributed by atoms with Crippen molar-refractivity contribution in [2.45, 2.75) is 135 Å². The van der Waals surface area contributed by atoms with E-state index in [4.69, 9.17) is 10.2 Å². The van der Waals surface area contributed by atoms with Gasteiger partial charge in [-0.05, 0) is 38.4 Å². The summed E-state index contributed by atoms with van der Waals surface area (Å²) in [6.07, 6.45) is 18.7. The van der Waals surface area contributed by atoms with Crippen LogP contribution in [0.25, 0.3) is 0 Å². The number of nitrogens with two attached hydrogens (primary N) is 1. The molecule has 0 amide bonds. The fourth-order valence-corrected chi connectivity index (χ4v) is 6.96. The van der Waals surface area contributed by atoms with Crippen molar-refractivity contribution in [3.63, 3.8) is 0 Å². The van der Waals surface area contributed by atoms with Crippen molar-refractivity contribution in [3.05, 3.63) is 0 Å². The molecule has 0 spiro atoms. The molecule has 0 aromatic rings. The summed E-state index contributed by atoms with van der Waals surface area (Å²) in [5.74, 6) is 0. The van der Waals surface area contributed by atoms with Crippen LogP contribution < -0.4 is 5.73 Å². The van der Waals surface area contributed by atoms with Gasteiger partial charge in [0.25, 0.3) is 0 Å². The van der Waals surface area contributed by atoms with Gasteiger partial charge < -0.3 is 10.2 Å². The van der Waals surface area contributed by atoms with Gasteiger partial charge in [0, 0.05) is 6.04 Å². The van der Waals surface area contributed by atoms with Crippen LogP contribution >= 0.6 is 0 Å². The third-order valence-electron chi connectivity index (χ3n) is 5.93. The third-order valence-corrected chi connectivity index (χ3v) is 8.44. The van der Waals surface area contributed by atoms with Gasteiger partial charge in [-0.15, -0.1) is 0 Å². The van der Waals surface area contributed by atoms with Gasteiger partial charge in [0.15, 0.2) is 8.32 Å². The van der Waals surface area contributed by atoms with Gasteiger partial charge in [-0.3, -0.25) is 0 Å². The zero-order chi connectivity index (χ0) is 17.9. The first-order valence-corrected chi connectivity index (χ1v) is 14.0. The zero-order valence-electron chi connectivity index (χ0n) is 17.2. The molecule has 1 aliphatic heterocycles. The van der Waals surface area contributed by atoms with Gasteiger partial charge in [0.05, 0.1) is 5.60 Å². The van der Waals surface area contributed by atoms with E-state index < -0.39 is 8.32 Å². The summed E-state index contributed by atoms with van der Waals surface area (Å²) in [5, 5.41) is 0. The van der Waals surface area contributed by atoms with Crippen LogP contribution in [0.15, 0.2) is 0 Å². The third kappa shape index (κ3) is 8.01. The lowest BCUT2D eigenvalue weighted by molar-refractivity contribution is -0.00178. The molecule has 1 saturated heterocycles. The van der Waals surface area contributed by atoms with Crippen LogP contribution in [-0.4, -0.2) is 20.0 Å². The van der Waals surface area contributed by atoms with E-state index >= 15 is 0 Å². The molecule has 1 aliphatic rings. The smallest absolute Gasteiger partial charge is 0.187 e. The topological polar surface area (TPSA) is 35.2 Å². The Bertz CT molecular complexity index is 321. The maximum Gasteiger partial charge on any atom is 0.187 e. The molecule has 0 bridgehead atoms. The molecule has 0 aliphatic carbocycles.